The molecule has 1 aliphatic carbocycles. The average Bonchev–Trinajstić information content (AvgIpc) is 3.28. The zero-order valence-corrected chi connectivity index (χ0v) is 42.3. The molecule has 0 aromatic rings. The van der Waals surface area contributed by atoms with E-state index in [4.69, 9.17) is 9.05 Å². The highest BCUT2D eigenvalue weighted by Gasteiger charge is 2.51. The van der Waals surface area contributed by atoms with Crippen LogP contribution in [0, 0.1) is 0 Å². The SMILES string of the molecule is CCCCCCCCCCCCCCCCCCCCCCCCCCCCCCCCCC(O)CC(=O)NC(COP(=O)(O)OC1C(O)C(O)C(O)C(O)C1O)C(O)CCCCCC. The lowest BCUT2D eigenvalue weighted by Gasteiger charge is -2.41. The fraction of sp³-hybridized carbons (Fsp3) is 0.980. The van der Waals surface area contributed by atoms with Crippen molar-refractivity contribution in [1.29, 1.82) is 0 Å². The first-order chi connectivity index (χ1) is 31.3. The van der Waals surface area contributed by atoms with Crippen molar-refractivity contribution in [2.24, 2.45) is 0 Å². The molecule has 0 aromatic heterocycles. The minimum Gasteiger partial charge on any atom is -0.393 e. The van der Waals surface area contributed by atoms with Gasteiger partial charge in [-0.05, 0) is 12.8 Å². The topological polar surface area (TPSA) is 226 Å². The van der Waals surface area contributed by atoms with E-state index in [9.17, 15) is 50.0 Å². The summed E-state index contributed by atoms with van der Waals surface area (Å²) in [6, 6.07) is -1.15. The minimum atomic E-state index is -5.10. The molecule has 14 heteroatoms. The standard InChI is InChI=1S/C51H102NO12P/c1-3-5-7-9-10-11-12-13-14-15-16-17-18-19-20-21-22-23-24-25-26-27-28-29-30-31-32-33-34-35-36-38-42(53)40-45(55)52-43(44(54)39-37-8-6-4-2)41-63-65(61,62)64-51-49(59)47(57)46(56)48(58)50(51)60/h42-44,46-51,53-54,56-60H,3-41H2,1-2H3,(H,52,55)(H,61,62). The molecule has 1 saturated carbocycles. The van der Waals surface area contributed by atoms with Crippen LogP contribution in [0.4, 0.5) is 0 Å². The maximum Gasteiger partial charge on any atom is 0.472 e. The van der Waals surface area contributed by atoms with Crippen LogP contribution in [0.3, 0.4) is 0 Å². The molecular formula is C51H102NO12P. The first-order valence-electron chi connectivity index (χ1n) is 27.1. The number of carbonyl (C=O) groups excluding carboxylic acids is 1. The zero-order valence-electron chi connectivity index (χ0n) is 41.4. The number of unbranched alkanes of at least 4 members (excludes halogenated alkanes) is 33. The Hall–Kier alpha value is -0.700. The van der Waals surface area contributed by atoms with E-state index < -0.39 is 75.2 Å². The van der Waals surface area contributed by atoms with Crippen LogP contribution in [0.1, 0.15) is 258 Å². The molecule has 0 aromatic carbocycles. The summed E-state index contributed by atoms with van der Waals surface area (Å²) in [5, 5.41) is 74.1. The molecule has 65 heavy (non-hydrogen) atoms. The highest BCUT2D eigenvalue weighted by Crippen LogP contribution is 2.47. The molecule has 13 nitrogen and oxygen atoms in total. The molecule has 0 bridgehead atoms. The molecule has 8 unspecified atom stereocenters. The van der Waals surface area contributed by atoms with Gasteiger partial charge in [-0.1, -0.05) is 239 Å². The van der Waals surface area contributed by atoms with Gasteiger partial charge in [0, 0.05) is 0 Å². The van der Waals surface area contributed by atoms with E-state index in [1.54, 1.807) is 0 Å². The Balaban J connectivity index is 2.08. The number of phosphoric acid groups is 1. The van der Waals surface area contributed by atoms with Crippen LogP contribution in [0.5, 0.6) is 0 Å². The molecular weight excluding hydrogens is 850 g/mol. The Labute approximate surface area is 396 Å². The van der Waals surface area contributed by atoms with E-state index in [2.05, 4.69) is 12.2 Å². The quantitative estimate of drug-likeness (QED) is 0.0205. The lowest BCUT2D eigenvalue weighted by atomic mass is 9.85. The van der Waals surface area contributed by atoms with Crippen LogP contribution in [-0.4, -0.2) is 108 Å². The zero-order chi connectivity index (χ0) is 48.0. The third-order valence-corrected chi connectivity index (χ3v) is 14.5. The van der Waals surface area contributed by atoms with E-state index in [1.165, 1.54) is 173 Å². The maximum atomic E-state index is 12.9. The van der Waals surface area contributed by atoms with Crippen molar-refractivity contribution >= 4 is 13.7 Å². The van der Waals surface area contributed by atoms with Crippen LogP contribution >= 0.6 is 7.82 Å². The van der Waals surface area contributed by atoms with Gasteiger partial charge in [-0.15, -0.1) is 0 Å². The van der Waals surface area contributed by atoms with Crippen LogP contribution < -0.4 is 5.32 Å². The number of nitrogens with one attached hydrogen (secondary N) is 1. The molecule has 1 amide bonds. The third kappa shape index (κ3) is 32.7. The van der Waals surface area contributed by atoms with Gasteiger partial charge in [-0.25, -0.2) is 4.57 Å². The molecule has 1 rings (SSSR count). The first-order valence-corrected chi connectivity index (χ1v) is 28.6. The van der Waals surface area contributed by atoms with Gasteiger partial charge in [0.25, 0.3) is 0 Å². The summed E-state index contributed by atoms with van der Waals surface area (Å²) < 4.78 is 22.7. The molecule has 0 saturated heterocycles. The lowest BCUT2D eigenvalue weighted by molar-refractivity contribution is -0.220. The molecule has 9 N–H and O–H groups in total. The van der Waals surface area contributed by atoms with Crippen molar-refractivity contribution in [3.8, 4) is 0 Å². The maximum absolute atomic E-state index is 12.9. The average molecular weight is 952 g/mol. The Kier molecular flexibility index (Phi) is 39.4. The highest BCUT2D eigenvalue weighted by molar-refractivity contribution is 7.47. The first kappa shape index (κ1) is 62.3. The lowest BCUT2D eigenvalue weighted by Crippen LogP contribution is -2.64. The van der Waals surface area contributed by atoms with Gasteiger partial charge < -0.3 is 46.0 Å². The van der Waals surface area contributed by atoms with E-state index in [1.807, 2.05) is 6.92 Å². The summed E-state index contributed by atoms with van der Waals surface area (Å²) in [6.45, 7) is 3.65. The number of rotatable bonds is 46. The van der Waals surface area contributed by atoms with E-state index in [-0.39, 0.29) is 12.8 Å². The van der Waals surface area contributed by atoms with Gasteiger partial charge in [0.1, 0.15) is 36.6 Å². The Bertz CT molecular complexity index is 1120. The molecule has 388 valence electrons. The second kappa shape index (κ2) is 41.1. The van der Waals surface area contributed by atoms with Crippen LogP contribution in [-0.2, 0) is 18.4 Å². The number of phosphoric ester groups is 1. The van der Waals surface area contributed by atoms with E-state index in [0.29, 0.717) is 12.8 Å². The van der Waals surface area contributed by atoms with Gasteiger partial charge in [-0.3, -0.25) is 13.8 Å². The van der Waals surface area contributed by atoms with Crippen molar-refractivity contribution in [3.63, 3.8) is 0 Å². The summed E-state index contributed by atoms with van der Waals surface area (Å²) in [5.41, 5.74) is 0. The van der Waals surface area contributed by atoms with Crippen LogP contribution in [0.15, 0.2) is 0 Å². The van der Waals surface area contributed by atoms with Crippen molar-refractivity contribution in [2.75, 3.05) is 6.61 Å². The van der Waals surface area contributed by atoms with Gasteiger partial charge in [0.2, 0.25) is 5.91 Å². The van der Waals surface area contributed by atoms with Gasteiger partial charge in [-0.2, -0.15) is 0 Å². The number of hydrogen-bond acceptors (Lipinski definition) is 11. The van der Waals surface area contributed by atoms with Crippen molar-refractivity contribution < 1.29 is 59.0 Å². The summed E-state index contributed by atoms with van der Waals surface area (Å²) >= 11 is 0. The van der Waals surface area contributed by atoms with Crippen LogP contribution in [0.2, 0.25) is 0 Å². The van der Waals surface area contributed by atoms with Crippen molar-refractivity contribution in [3.05, 3.63) is 0 Å². The number of amides is 1. The molecule has 0 heterocycles. The summed E-state index contributed by atoms with van der Waals surface area (Å²) in [7, 11) is -5.10. The second-order valence-corrected chi connectivity index (χ2v) is 21.0. The normalized spacial score (nSPS) is 22.4. The fourth-order valence-corrected chi connectivity index (χ4v) is 10.0. The van der Waals surface area contributed by atoms with Crippen molar-refractivity contribution in [2.45, 2.75) is 313 Å². The summed E-state index contributed by atoms with van der Waals surface area (Å²) in [6.07, 6.45) is 31.6. The number of carbonyl (C=O) groups is 1. The second-order valence-electron chi connectivity index (χ2n) is 19.6. The van der Waals surface area contributed by atoms with E-state index >= 15 is 0 Å². The molecule has 1 fully saturated rings. The number of hydrogen-bond donors (Lipinski definition) is 9. The molecule has 0 spiro atoms. The fourth-order valence-electron chi connectivity index (χ4n) is 9.07. The van der Waals surface area contributed by atoms with Crippen LogP contribution in [0.25, 0.3) is 0 Å². The summed E-state index contributed by atoms with van der Waals surface area (Å²) in [5.74, 6) is -0.563. The summed E-state index contributed by atoms with van der Waals surface area (Å²) in [4.78, 5) is 23.3. The largest absolute Gasteiger partial charge is 0.472 e. The third-order valence-electron chi connectivity index (χ3n) is 13.5. The smallest absolute Gasteiger partial charge is 0.393 e. The Morgan fingerprint density at radius 1 is 0.477 bits per heavy atom. The van der Waals surface area contributed by atoms with Gasteiger partial charge in [0.05, 0.1) is 31.3 Å². The van der Waals surface area contributed by atoms with Gasteiger partial charge >= 0.3 is 7.82 Å². The monoisotopic (exact) mass is 952 g/mol. The van der Waals surface area contributed by atoms with E-state index in [0.717, 1.165) is 44.9 Å². The minimum absolute atomic E-state index is 0.218. The Morgan fingerprint density at radius 2 is 0.769 bits per heavy atom. The highest BCUT2D eigenvalue weighted by atomic mass is 31.2. The number of aliphatic hydroxyl groups excluding tert-OH is 7. The molecule has 8 atom stereocenters. The predicted molar refractivity (Wildman–Crippen MR) is 261 cm³/mol. The molecule has 0 radical (unpaired) electrons. The Morgan fingerprint density at radius 3 is 1.12 bits per heavy atom. The van der Waals surface area contributed by atoms with Gasteiger partial charge in [0.15, 0.2) is 0 Å². The molecule has 0 aliphatic heterocycles. The molecule has 1 aliphatic rings. The number of aliphatic hydroxyl groups is 7. The van der Waals surface area contributed by atoms with Crippen molar-refractivity contribution in [1.82, 2.24) is 5.32 Å². The predicted octanol–water partition coefficient (Wildman–Crippen LogP) is 10.4.